The summed E-state index contributed by atoms with van der Waals surface area (Å²) in [5.41, 5.74) is 2.74. The first kappa shape index (κ1) is 22.0. The van der Waals surface area contributed by atoms with Crippen LogP contribution in [0, 0.1) is 12.3 Å². The summed E-state index contributed by atoms with van der Waals surface area (Å²) in [4.78, 5) is 4.34. The summed E-state index contributed by atoms with van der Waals surface area (Å²) in [6.45, 7) is 4.59. The number of hydrogen-bond acceptors (Lipinski definition) is 3. The van der Waals surface area contributed by atoms with E-state index in [2.05, 4.69) is 34.7 Å². The van der Waals surface area contributed by atoms with Crippen molar-refractivity contribution in [2.75, 3.05) is 34.4 Å². The van der Waals surface area contributed by atoms with E-state index >= 15 is 0 Å². The number of aliphatic imine (C=N–C) groups is 1. The van der Waals surface area contributed by atoms with Crippen LogP contribution in [-0.4, -0.2) is 40.4 Å². The summed E-state index contributed by atoms with van der Waals surface area (Å²) in [7, 11) is 5.29. The van der Waals surface area contributed by atoms with Gasteiger partial charge in [-0.05, 0) is 48.8 Å². The van der Waals surface area contributed by atoms with Crippen LogP contribution in [0.4, 0.5) is 0 Å². The number of methoxy groups -OCH3 is 2. The van der Waals surface area contributed by atoms with Gasteiger partial charge in [-0.3, -0.25) is 4.99 Å². The van der Waals surface area contributed by atoms with Crippen molar-refractivity contribution in [1.29, 1.82) is 0 Å². The number of hydrogen-bond donors (Lipinski definition) is 2. The van der Waals surface area contributed by atoms with Gasteiger partial charge in [0.1, 0.15) is 5.75 Å². The fourth-order valence-electron chi connectivity index (χ4n) is 3.24. The van der Waals surface area contributed by atoms with Gasteiger partial charge in [0.15, 0.2) is 5.96 Å². The van der Waals surface area contributed by atoms with Crippen molar-refractivity contribution in [1.82, 2.24) is 10.6 Å². The second kappa shape index (κ2) is 10.9. The van der Waals surface area contributed by atoms with Crippen LogP contribution in [0.3, 0.4) is 0 Å². The molecular formula is C19H32IN3O2. The van der Waals surface area contributed by atoms with Gasteiger partial charge in [-0.2, -0.15) is 0 Å². The Kier molecular flexibility index (Phi) is 9.56. The number of aryl methyl sites for hydroxylation is 1. The summed E-state index contributed by atoms with van der Waals surface area (Å²) >= 11 is 0. The maximum absolute atomic E-state index is 5.31. The van der Waals surface area contributed by atoms with Gasteiger partial charge >= 0.3 is 0 Å². The Labute approximate surface area is 169 Å². The van der Waals surface area contributed by atoms with E-state index in [0.717, 1.165) is 43.4 Å². The third-order valence-electron chi connectivity index (χ3n) is 5.02. The maximum atomic E-state index is 5.31. The number of halogens is 1. The molecule has 0 heterocycles. The molecule has 25 heavy (non-hydrogen) atoms. The lowest BCUT2D eigenvalue weighted by molar-refractivity contribution is 0.0732. The molecule has 0 radical (unpaired) electrons. The fourth-order valence-corrected chi connectivity index (χ4v) is 3.24. The molecule has 0 aromatic heterocycles. The van der Waals surface area contributed by atoms with Gasteiger partial charge in [0.2, 0.25) is 0 Å². The van der Waals surface area contributed by atoms with Gasteiger partial charge in [0, 0.05) is 33.9 Å². The minimum Gasteiger partial charge on any atom is -0.496 e. The van der Waals surface area contributed by atoms with Crippen LogP contribution < -0.4 is 15.4 Å². The highest BCUT2D eigenvalue weighted by Crippen LogP contribution is 2.43. The quantitative estimate of drug-likeness (QED) is 0.354. The average molecular weight is 461 g/mol. The Bertz CT molecular complexity index is 560. The molecule has 2 N–H and O–H groups in total. The fraction of sp³-hybridized carbons (Fsp3) is 0.632. The van der Waals surface area contributed by atoms with E-state index in [0.29, 0.717) is 5.41 Å². The molecule has 0 saturated heterocycles. The van der Waals surface area contributed by atoms with Crippen molar-refractivity contribution in [3.63, 3.8) is 0 Å². The lowest BCUT2D eigenvalue weighted by atomic mass is 9.67. The first-order chi connectivity index (χ1) is 11.6. The van der Waals surface area contributed by atoms with Crippen molar-refractivity contribution in [2.45, 2.75) is 39.2 Å². The second-order valence-corrected chi connectivity index (χ2v) is 6.68. The summed E-state index contributed by atoms with van der Waals surface area (Å²) < 4.78 is 10.6. The van der Waals surface area contributed by atoms with Gasteiger partial charge in [-0.15, -0.1) is 24.0 Å². The van der Waals surface area contributed by atoms with E-state index in [1.165, 1.54) is 24.8 Å². The lowest BCUT2D eigenvalue weighted by Crippen LogP contribution is -2.46. The largest absolute Gasteiger partial charge is 0.496 e. The van der Waals surface area contributed by atoms with Crippen LogP contribution in [-0.2, 0) is 11.3 Å². The second-order valence-electron chi connectivity index (χ2n) is 6.68. The molecule has 1 aliphatic carbocycles. The molecule has 0 atom stereocenters. The Morgan fingerprint density at radius 3 is 2.52 bits per heavy atom. The van der Waals surface area contributed by atoms with E-state index < -0.39 is 0 Å². The Hall–Kier alpha value is -1.02. The summed E-state index contributed by atoms with van der Waals surface area (Å²) in [6, 6.07) is 6.24. The van der Waals surface area contributed by atoms with Crippen LogP contribution in [0.1, 0.15) is 36.8 Å². The van der Waals surface area contributed by atoms with Crippen molar-refractivity contribution in [3.05, 3.63) is 29.3 Å². The zero-order valence-electron chi connectivity index (χ0n) is 15.9. The molecule has 1 aromatic carbocycles. The maximum Gasteiger partial charge on any atom is 0.191 e. The van der Waals surface area contributed by atoms with Crippen LogP contribution in [0.25, 0.3) is 0 Å². The molecule has 1 aromatic rings. The molecule has 0 bridgehead atoms. The number of nitrogens with zero attached hydrogens (tertiary/aromatic N) is 1. The molecule has 1 aliphatic rings. The van der Waals surface area contributed by atoms with Crippen LogP contribution in [0.15, 0.2) is 23.2 Å². The van der Waals surface area contributed by atoms with E-state index in [9.17, 15) is 0 Å². The van der Waals surface area contributed by atoms with Gasteiger partial charge in [0.05, 0.1) is 7.11 Å². The number of benzene rings is 1. The van der Waals surface area contributed by atoms with E-state index in [-0.39, 0.29) is 24.0 Å². The molecular weight excluding hydrogens is 429 g/mol. The monoisotopic (exact) mass is 461 g/mol. The van der Waals surface area contributed by atoms with Crippen LogP contribution >= 0.6 is 24.0 Å². The van der Waals surface area contributed by atoms with Crippen LogP contribution in [0.2, 0.25) is 0 Å². The molecule has 0 amide bonds. The first-order valence-corrected chi connectivity index (χ1v) is 8.69. The Balaban J connectivity index is 0.00000312. The third kappa shape index (κ3) is 6.33. The zero-order valence-corrected chi connectivity index (χ0v) is 18.2. The molecule has 1 fully saturated rings. The molecule has 2 rings (SSSR count). The topological polar surface area (TPSA) is 54.9 Å². The van der Waals surface area contributed by atoms with E-state index in [1.54, 1.807) is 14.2 Å². The highest BCUT2D eigenvalue weighted by Gasteiger charge is 2.36. The van der Waals surface area contributed by atoms with Crippen molar-refractivity contribution < 1.29 is 9.47 Å². The predicted octanol–water partition coefficient (Wildman–Crippen LogP) is 3.49. The minimum absolute atomic E-state index is 0. The lowest BCUT2D eigenvalue weighted by Gasteiger charge is -2.42. The molecule has 0 aliphatic heterocycles. The molecule has 0 unspecified atom stereocenters. The number of nitrogens with one attached hydrogen (secondary N) is 2. The average Bonchev–Trinajstić information content (AvgIpc) is 2.56. The van der Waals surface area contributed by atoms with Crippen molar-refractivity contribution in [2.24, 2.45) is 10.4 Å². The van der Waals surface area contributed by atoms with Crippen LogP contribution in [0.5, 0.6) is 5.75 Å². The molecule has 1 saturated carbocycles. The normalized spacial score (nSPS) is 15.8. The molecule has 6 heteroatoms. The van der Waals surface area contributed by atoms with Gasteiger partial charge in [-0.25, -0.2) is 0 Å². The summed E-state index contributed by atoms with van der Waals surface area (Å²) in [6.07, 6.45) is 4.99. The molecule has 0 spiro atoms. The van der Waals surface area contributed by atoms with Crippen molar-refractivity contribution in [3.8, 4) is 5.75 Å². The van der Waals surface area contributed by atoms with Gasteiger partial charge in [0.25, 0.3) is 0 Å². The van der Waals surface area contributed by atoms with E-state index in [4.69, 9.17) is 9.47 Å². The molecule has 142 valence electrons. The Morgan fingerprint density at radius 1 is 1.24 bits per heavy atom. The van der Waals surface area contributed by atoms with Crippen molar-refractivity contribution >= 4 is 29.9 Å². The zero-order chi connectivity index (χ0) is 17.4. The predicted molar refractivity (Wildman–Crippen MR) is 114 cm³/mol. The first-order valence-electron chi connectivity index (χ1n) is 8.69. The Morgan fingerprint density at radius 2 is 2.00 bits per heavy atom. The van der Waals surface area contributed by atoms with E-state index in [1.807, 2.05) is 13.1 Å². The number of rotatable bonds is 8. The SMILES string of the molecule is CN=C(NCc1ccc(OC)c(C)c1)NCC1(CCOC)CCC1.I. The molecule has 5 nitrogen and oxygen atoms in total. The highest BCUT2D eigenvalue weighted by atomic mass is 127. The summed E-state index contributed by atoms with van der Waals surface area (Å²) in [5, 5.41) is 6.88. The van der Waals surface area contributed by atoms with Gasteiger partial charge in [-0.1, -0.05) is 18.6 Å². The smallest absolute Gasteiger partial charge is 0.191 e. The highest BCUT2D eigenvalue weighted by molar-refractivity contribution is 14.0. The standard InChI is InChI=1S/C19H31N3O2.HI/c1-15-12-16(6-7-17(15)24-4)13-21-18(20-2)22-14-19(8-5-9-19)10-11-23-3;/h6-7,12H,5,8-11,13-14H2,1-4H3,(H2,20,21,22);1H. The number of guanidine groups is 1. The minimum atomic E-state index is 0. The third-order valence-corrected chi connectivity index (χ3v) is 5.02. The van der Waals surface area contributed by atoms with Gasteiger partial charge < -0.3 is 20.1 Å². The number of ether oxygens (including phenoxy) is 2. The summed E-state index contributed by atoms with van der Waals surface area (Å²) in [5.74, 6) is 1.78.